The molecule has 0 fully saturated rings. The van der Waals surface area contributed by atoms with Crippen molar-refractivity contribution in [1.82, 2.24) is 9.78 Å². The number of aromatic nitrogens is 2. The highest BCUT2D eigenvalue weighted by molar-refractivity contribution is 7.91. The summed E-state index contributed by atoms with van der Waals surface area (Å²) in [7, 11) is -6.73. The Labute approximate surface area is 119 Å². The lowest BCUT2D eigenvalue weighted by atomic mass is 10.4. The second-order valence-corrected chi connectivity index (χ2v) is 8.83. The molecule has 10 heteroatoms. The first-order valence-electron chi connectivity index (χ1n) is 6.04. The van der Waals surface area contributed by atoms with E-state index in [1.807, 2.05) is 6.92 Å². The van der Waals surface area contributed by atoms with E-state index in [-0.39, 0.29) is 28.8 Å². The van der Waals surface area contributed by atoms with Gasteiger partial charge in [-0.2, -0.15) is 5.10 Å². The van der Waals surface area contributed by atoms with E-state index in [1.54, 1.807) is 0 Å². The summed E-state index contributed by atoms with van der Waals surface area (Å²) in [5.41, 5.74) is 5.78. The molecule has 0 aliphatic rings. The molecule has 8 nitrogen and oxygen atoms in total. The fraction of sp³-hybridized carbons (Fsp3) is 0.700. The minimum absolute atomic E-state index is 0.0149. The monoisotopic (exact) mass is 324 g/mol. The number of nitrogen functional groups attached to an aromatic ring is 1. The zero-order valence-electron chi connectivity index (χ0n) is 11.7. The molecule has 0 radical (unpaired) electrons. The van der Waals surface area contributed by atoms with Crippen molar-refractivity contribution in [3.8, 4) is 0 Å². The molecule has 1 rings (SSSR count). The van der Waals surface area contributed by atoms with Gasteiger partial charge in [0.1, 0.15) is 15.7 Å². The molecule has 0 atom stereocenters. The first kappa shape index (κ1) is 16.8. The summed E-state index contributed by atoms with van der Waals surface area (Å²) < 4.78 is 47.0. The number of sulfone groups is 2. The van der Waals surface area contributed by atoms with E-state index >= 15 is 0 Å². The van der Waals surface area contributed by atoms with Crippen LogP contribution in [0.15, 0.2) is 4.90 Å². The predicted octanol–water partition coefficient (Wildman–Crippen LogP) is -0.265. The van der Waals surface area contributed by atoms with E-state index in [9.17, 15) is 16.8 Å². The zero-order chi connectivity index (χ0) is 15.6. The van der Waals surface area contributed by atoms with Crippen molar-refractivity contribution >= 4 is 31.3 Å². The smallest absolute Gasteiger partial charge is 0.182 e. The molecule has 0 bridgehead atoms. The van der Waals surface area contributed by atoms with Gasteiger partial charge in [-0.25, -0.2) is 21.5 Å². The Kier molecular flexibility index (Phi) is 5.03. The molecular formula is C10H20N4O4S2. The normalized spacial score (nSPS) is 12.6. The summed E-state index contributed by atoms with van der Waals surface area (Å²) in [6.07, 6.45) is 2.93. The van der Waals surface area contributed by atoms with Crippen molar-refractivity contribution < 1.29 is 16.8 Å². The fourth-order valence-electron chi connectivity index (χ4n) is 1.61. The summed E-state index contributed by atoms with van der Waals surface area (Å²) in [5, 5.41) is 6.94. The number of anilines is 2. The summed E-state index contributed by atoms with van der Waals surface area (Å²) in [4.78, 5) is -0.0838. The maximum atomic E-state index is 11.8. The standard InChI is InChI=1S/C10H20N4O4S2/c1-4-5-12-10-8(20(3,17)18)9(11)14(13-10)6-7-19(2,15)16/h4-7,11H2,1-3H3,(H,12,13). The Bertz CT molecular complexity index is 676. The third-order valence-electron chi connectivity index (χ3n) is 2.53. The number of nitrogens with zero attached hydrogens (tertiary/aromatic N) is 2. The van der Waals surface area contributed by atoms with Crippen LogP contribution in [-0.2, 0) is 26.2 Å². The van der Waals surface area contributed by atoms with Crippen LogP contribution in [0.2, 0.25) is 0 Å². The highest BCUT2D eigenvalue weighted by atomic mass is 32.2. The molecule has 0 unspecified atom stereocenters. The van der Waals surface area contributed by atoms with Gasteiger partial charge in [0.15, 0.2) is 20.6 Å². The topological polar surface area (TPSA) is 124 Å². The van der Waals surface area contributed by atoms with Crippen LogP contribution in [0, 0.1) is 0 Å². The lowest BCUT2D eigenvalue weighted by molar-refractivity contribution is 0.588. The maximum absolute atomic E-state index is 11.8. The van der Waals surface area contributed by atoms with Gasteiger partial charge in [-0.1, -0.05) is 6.92 Å². The summed E-state index contributed by atoms with van der Waals surface area (Å²) in [5.74, 6) is -0.0370. The minimum Gasteiger partial charge on any atom is -0.383 e. The number of aryl methyl sites for hydroxylation is 1. The van der Waals surface area contributed by atoms with Crippen molar-refractivity contribution in [1.29, 1.82) is 0 Å². The van der Waals surface area contributed by atoms with Crippen LogP contribution in [0.25, 0.3) is 0 Å². The van der Waals surface area contributed by atoms with Gasteiger partial charge < -0.3 is 11.1 Å². The first-order chi connectivity index (χ1) is 9.06. The van der Waals surface area contributed by atoms with Gasteiger partial charge in [-0.3, -0.25) is 0 Å². The van der Waals surface area contributed by atoms with Crippen molar-refractivity contribution in [3.05, 3.63) is 0 Å². The molecule has 0 spiro atoms. The van der Waals surface area contributed by atoms with Crippen LogP contribution in [0.1, 0.15) is 13.3 Å². The lowest BCUT2D eigenvalue weighted by Crippen LogP contribution is -2.14. The third kappa shape index (κ3) is 4.37. The largest absolute Gasteiger partial charge is 0.383 e. The molecule has 0 saturated carbocycles. The van der Waals surface area contributed by atoms with Gasteiger partial charge in [0.25, 0.3) is 0 Å². The lowest BCUT2D eigenvalue weighted by Gasteiger charge is -2.03. The molecule has 0 amide bonds. The predicted molar refractivity (Wildman–Crippen MR) is 78.2 cm³/mol. The van der Waals surface area contributed by atoms with Crippen molar-refractivity contribution in [2.45, 2.75) is 24.8 Å². The van der Waals surface area contributed by atoms with E-state index in [4.69, 9.17) is 5.73 Å². The van der Waals surface area contributed by atoms with Gasteiger partial charge in [-0.05, 0) is 6.42 Å². The Hall–Kier alpha value is -1.29. The zero-order valence-corrected chi connectivity index (χ0v) is 13.4. The SMILES string of the molecule is CCCNc1nn(CCS(C)(=O)=O)c(N)c1S(C)(=O)=O. The Morgan fingerprint density at radius 2 is 1.85 bits per heavy atom. The van der Waals surface area contributed by atoms with E-state index < -0.39 is 19.7 Å². The molecule has 0 aromatic carbocycles. The number of hydrogen-bond acceptors (Lipinski definition) is 7. The Morgan fingerprint density at radius 1 is 1.25 bits per heavy atom. The number of nitrogens with one attached hydrogen (secondary N) is 1. The molecule has 0 aliphatic carbocycles. The van der Waals surface area contributed by atoms with E-state index in [0.29, 0.717) is 6.54 Å². The molecule has 1 aromatic heterocycles. The summed E-state index contributed by atoms with van der Waals surface area (Å²) >= 11 is 0. The molecule has 0 aliphatic heterocycles. The van der Waals surface area contributed by atoms with Crippen molar-refractivity contribution in [2.24, 2.45) is 0 Å². The Balaban J connectivity index is 3.18. The molecule has 1 heterocycles. The fourth-order valence-corrected chi connectivity index (χ4v) is 3.06. The van der Waals surface area contributed by atoms with Crippen LogP contribution in [-0.4, -0.2) is 51.4 Å². The van der Waals surface area contributed by atoms with Crippen molar-refractivity contribution in [2.75, 3.05) is 35.9 Å². The molecule has 3 N–H and O–H groups in total. The summed E-state index contributed by atoms with van der Waals surface area (Å²) in [6.45, 7) is 2.49. The van der Waals surface area contributed by atoms with Gasteiger partial charge in [0, 0.05) is 19.1 Å². The van der Waals surface area contributed by atoms with Gasteiger partial charge in [0.05, 0.1) is 12.3 Å². The second-order valence-electron chi connectivity index (χ2n) is 4.61. The quantitative estimate of drug-likeness (QED) is 0.707. The van der Waals surface area contributed by atoms with Crippen molar-refractivity contribution in [3.63, 3.8) is 0 Å². The molecule has 0 saturated heterocycles. The average molecular weight is 324 g/mol. The second kappa shape index (κ2) is 6.00. The number of nitrogens with two attached hydrogens (primary N) is 1. The van der Waals surface area contributed by atoms with E-state index in [1.165, 1.54) is 4.68 Å². The number of hydrogen-bond donors (Lipinski definition) is 2. The highest BCUT2D eigenvalue weighted by Crippen LogP contribution is 2.27. The third-order valence-corrected chi connectivity index (χ3v) is 4.60. The van der Waals surface area contributed by atoms with Crippen LogP contribution in [0.4, 0.5) is 11.6 Å². The average Bonchev–Trinajstić information content (AvgIpc) is 2.59. The highest BCUT2D eigenvalue weighted by Gasteiger charge is 2.24. The first-order valence-corrected chi connectivity index (χ1v) is 9.99. The van der Waals surface area contributed by atoms with Gasteiger partial charge in [-0.15, -0.1) is 0 Å². The summed E-state index contributed by atoms with van der Waals surface area (Å²) in [6, 6.07) is 0. The number of rotatable bonds is 7. The maximum Gasteiger partial charge on any atom is 0.182 e. The van der Waals surface area contributed by atoms with E-state index in [0.717, 1.165) is 18.9 Å². The van der Waals surface area contributed by atoms with Gasteiger partial charge >= 0.3 is 0 Å². The van der Waals surface area contributed by atoms with Gasteiger partial charge in [0.2, 0.25) is 0 Å². The van der Waals surface area contributed by atoms with E-state index in [2.05, 4.69) is 10.4 Å². The molecule has 20 heavy (non-hydrogen) atoms. The van der Waals surface area contributed by atoms with Crippen LogP contribution >= 0.6 is 0 Å². The molecule has 1 aromatic rings. The minimum atomic E-state index is -3.55. The molecular weight excluding hydrogens is 304 g/mol. The van der Waals surface area contributed by atoms with Crippen LogP contribution in [0.3, 0.4) is 0 Å². The van der Waals surface area contributed by atoms with Crippen LogP contribution < -0.4 is 11.1 Å². The van der Waals surface area contributed by atoms with Crippen LogP contribution in [0.5, 0.6) is 0 Å². The Morgan fingerprint density at radius 3 is 2.30 bits per heavy atom. The molecule has 116 valence electrons.